The lowest BCUT2D eigenvalue weighted by Gasteiger charge is -2.16. The van der Waals surface area contributed by atoms with Crippen molar-refractivity contribution >= 4 is 16.9 Å². The van der Waals surface area contributed by atoms with Crippen LogP contribution < -0.4 is 5.73 Å². The van der Waals surface area contributed by atoms with Crippen molar-refractivity contribution in [2.45, 2.75) is 19.4 Å². The molecule has 0 aliphatic heterocycles. The van der Waals surface area contributed by atoms with Crippen LogP contribution in [-0.2, 0) is 13.6 Å². The van der Waals surface area contributed by atoms with Gasteiger partial charge in [-0.1, -0.05) is 0 Å². The van der Waals surface area contributed by atoms with Gasteiger partial charge in [0.1, 0.15) is 12.1 Å². The maximum absolute atomic E-state index is 6.22. The molecule has 8 nitrogen and oxygen atoms in total. The number of pyridine rings is 1. The van der Waals surface area contributed by atoms with E-state index >= 15 is 0 Å². The van der Waals surface area contributed by atoms with Crippen molar-refractivity contribution < 1.29 is 0 Å². The number of aryl methyl sites for hydroxylation is 1. The molecule has 1 saturated carbocycles. The van der Waals surface area contributed by atoms with Crippen LogP contribution in [0.15, 0.2) is 43.2 Å². The predicted molar refractivity (Wildman–Crippen MR) is 112 cm³/mol. The molecule has 4 aromatic heterocycles. The Kier molecular flexibility index (Phi) is 4.28. The van der Waals surface area contributed by atoms with Crippen LogP contribution in [0, 0.1) is 5.92 Å². The molecule has 0 amide bonds. The third kappa shape index (κ3) is 3.47. The van der Waals surface area contributed by atoms with E-state index in [-0.39, 0.29) is 0 Å². The molecule has 1 aliphatic rings. The number of anilines is 1. The van der Waals surface area contributed by atoms with E-state index in [1.54, 1.807) is 4.68 Å². The molecule has 4 heterocycles. The molecule has 0 atom stereocenters. The van der Waals surface area contributed by atoms with Gasteiger partial charge in [0.25, 0.3) is 0 Å². The lowest BCUT2D eigenvalue weighted by atomic mass is 10.2. The van der Waals surface area contributed by atoms with Crippen molar-refractivity contribution in [1.29, 1.82) is 0 Å². The standard InChI is InChI=1S/C21H24N8/c1-27(10-14-3-4-14)11-15-7-16(9-23-8-15)29-12-17(18-5-6-28(2)26-18)19-20(22)24-13-25-21(19)29/h5-9,12-14H,3-4,10-11H2,1-2H3,(H2,22,24,25). The Morgan fingerprint density at radius 1 is 1.24 bits per heavy atom. The molecular formula is C21H24N8. The van der Waals surface area contributed by atoms with Gasteiger partial charge in [-0.15, -0.1) is 0 Å². The topological polar surface area (TPSA) is 90.7 Å². The van der Waals surface area contributed by atoms with Crippen LogP contribution in [0.5, 0.6) is 0 Å². The van der Waals surface area contributed by atoms with E-state index in [1.807, 2.05) is 42.5 Å². The van der Waals surface area contributed by atoms with Crippen molar-refractivity contribution in [3.8, 4) is 16.9 Å². The summed E-state index contributed by atoms with van der Waals surface area (Å²) >= 11 is 0. The number of rotatable bonds is 6. The minimum atomic E-state index is 0.447. The van der Waals surface area contributed by atoms with E-state index in [0.717, 1.165) is 47.0 Å². The third-order valence-electron chi connectivity index (χ3n) is 5.38. The van der Waals surface area contributed by atoms with Crippen molar-refractivity contribution in [2.24, 2.45) is 13.0 Å². The van der Waals surface area contributed by atoms with Gasteiger partial charge in [0.05, 0.1) is 23.0 Å². The van der Waals surface area contributed by atoms with Crippen LogP contribution in [0.1, 0.15) is 18.4 Å². The summed E-state index contributed by atoms with van der Waals surface area (Å²) in [6.07, 6.45) is 11.9. The number of fused-ring (bicyclic) bond motifs is 1. The summed E-state index contributed by atoms with van der Waals surface area (Å²) in [5, 5.41) is 5.35. The minimum Gasteiger partial charge on any atom is -0.383 e. The lowest BCUT2D eigenvalue weighted by molar-refractivity contribution is 0.313. The molecule has 148 valence electrons. The molecule has 0 aromatic carbocycles. The van der Waals surface area contributed by atoms with Crippen molar-refractivity contribution in [1.82, 2.24) is 34.2 Å². The molecule has 2 N–H and O–H groups in total. The Hall–Kier alpha value is -3.26. The van der Waals surface area contributed by atoms with Gasteiger partial charge < -0.3 is 10.6 Å². The SMILES string of the molecule is CN(Cc1cncc(-n2cc(-c3ccn(C)n3)c3c(N)ncnc32)c1)CC1CC1. The van der Waals surface area contributed by atoms with E-state index in [9.17, 15) is 0 Å². The Morgan fingerprint density at radius 2 is 2.10 bits per heavy atom. The Balaban J connectivity index is 1.56. The maximum atomic E-state index is 6.22. The summed E-state index contributed by atoms with van der Waals surface area (Å²) in [6, 6.07) is 4.13. The molecule has 8 heteroatoms. The summed E-state index contributed by atoms with van der Waals surface area (Å²) in [5.74, 6) is 1.31. The highest BCUT2D eigenvalue weighted by Crippen LogP contribution is 2.33. The van der Waals surface area contributed by atoms with Crippen molar-refractivity contribution in [3.63, 3.8) is 0 Å². The van der Waals surface area contributed by atoms with Gasteiger partial charge >= 0.3 is 0 Å². The molecule has 0 unspecified atom stereocenters. The summed E-state index contributed by atoms with van der Waals surface area (Å²) in [5.41, 5.74) is 10.8. The minimum absolute atomic E-state index is 0.447. The van der Waals surface area contributed by atoms with Gasteiger partial charge in [0.2, 0.25) is 0 Å². The number of aromatic nitrogens is 6. The van der Waals surface area contributed by atoms with Crippen LogP contribution >= 0.6 is 0 Å². The second kappa shape index (κ2) is 6.97. The molecule has 0 spiro atoms. The highest BCUT2D eigenvalue weighted by atomic mass is 15.2. The fourth-order valence-electron chi connectivity index (χ4n) is 3.84. The van der Waals surface area contributed by atoms with Crippen LogP contribution in [0.25, 0.3) is 28.0 Å². The molecule has 1 fully saturated rings. The van der Waals surface area contributed by atoms with Gasteiger partial charge in [0, 0.05) is 44.3 Å². The van der Waals surface area contributed by atoms with Gasteiger partial charge in [-0.05, 0) is 43.5 Å². The van der Waals surface area contributed by atoms with Crippen molar-refractivity contribution in [3.05, 3.63) is 48.8 Å². The quantitative estimate of drug-likeness (QED) is 0.546. The molecule has 0 bridgehead atoms. The Morgan fingerprint density at radius 3 is 2.86 bits per heavy atom. The summed E-state index contributed by atoms with van der Waals surface area (Å²) < 4.78 is 3.80. The highest BCUT2D eigenvalue weighted by Gasteiger charge is 2.23. The first kappa shape index (κ1) is 17.8. The maximum Gasteiger partial charge on any atom is 0.150 e. The number of nitrogens with zero attached hydrogens (tertiary/aromatic N) is 7. The monoisotopic (exact) mass is 388 g/mol. The van der Waals surface area contributed by atoms with E-state index in [2.05, 4.69) is 38.1 Å². The first-order chi connectivity index (χ1) is 14.1. The number of nitrogens with two attached hydrogens (primary N) is 1. The van der Waals surface area contributed by atoms with E-state index in [1.165, 1.54) is 24.7 Å². The zero-order valence-electron chi connectivity index (χ0n) is 16.7. The van der Waals surface area contributed by atoms with Crippen LogP contribution in [0.4, 0.5) is 5.82 Å². The van der Waals surface area contributed by atoms with Crippen molar-refractivity contribution in [2.75, 3.05) is 19.3 Å². The van der Waals surface area contributed by atoms with E-state index in [4.69, 9.17) is 5.73 Å². The second-order valence-corrected chi connectivity index (χ2v) is 7.94. The largest absolute Gasteiger partial charge is 0.383 e. The number of hydrogen-bond donors (Lipinski definition) is 1. The first-order valence-corrected chi connectivity index (χ1v) is 9.83. The zero-order valence-corrected chi connectivity index (χ0v) is 16.7. The lowest BCUT2D eigenvalue weighted by Crippen LogP contribution is -2.20. The van der Waals surface area contributed by atoms with E-state index < -0.39 is 0 Å². The molecule has 0 saturated heterocycles. The molecule has 29 heavy (non-hydrogen) atoms. The molecule has 0 radical (unpaired) electrons. The molecule has 4 aromatic rings. The molecule has 1 aliphatic carbocycles. The van der Waals surface area contributed by atoms with Gasteiger partial charge in [-0.3, -0.25) is 14.2 Å². The summed E-state index contributed by atoms with van der Waals surface area (Å²) in [4.78, 5) is 15.6. The van der Waals surface area contributed by atoms with E-state index in [0.29, 0.717) is 5.82 Å². The smallest absolute Gasteiger partial charge is 0.150 e. The normalized spacial score (nSPS) is 14.2. The number of hydrogen-bond acceptors (Lipinski definition) is 6. The third-order valence-corrected chi connectivity index (χ3v) is 5.38. The fraction of sp³-hybridized carbons (Fsp3) is 0.333. The summed E-state index contributed by atoms with van der Waals surface area (Å²) in [7, 11) is 4.07. The average molecular weight is 388 g/mol. The van der Waals surface area contributed by atoms with Crippen LogP contribution in [0.3, 0.4) is 0 Å². The first-order valence-electron chi connectivity index (χ1n) is 9.83. The predicted octanol–water partition coefficient (Wildman–Crippen LogP) is 2.64. The zero-order chi connectivity index (χ0) is 20.0. The van der Waals surface area contributed by atoms with Gasteiger partial charge in [-0.2, -0.15) is 5.10 Å². The van der Waals surface area contributed by atoms with Gasteiger partial charge in [0.15, 0.2) is 5.65 Å². The Bertz CT molecular complexity index is 1170. The summed E-state index contributed by atoms with van der Waals surface area (Å²) in [6.45, 7) is 2.02. The fourth-order valence-corrected chi connectivity index (χ4v) is 3.84. The highest BCUT2D eigenvalue weighted by molar-refractivity contribution is 6.00. The molecular weight excluding hydrogens is 364 g/mol. The number of nitrogen functional groups attached to an aromatic ring is 1. The van der Waals surface area contributed by atoms with Crippen LogP contribution in [-0.4, -0.2) is 47.8 Å². The average Bonchev–Trinajstić information content (AvgIpc) is 3.25. The molecule has 5 rings (SSSR count). The van der Waals surface area contributed by atoms with Gasteiger partial charge in [-0.25, -0.2) is 9.97 Å². The van der Waals surface area contributed by atoms with Crippen LogP contribution in [0.2, 0.25) is 0 Å². The second-order valence-electron chi connectivity index (χ2n) is 7.94. The Labute approximate surface area is 169 Å².